The van der Waals surface area contributed by atoms with Gasteiger partial charge in [-0.25, -0.2) is 0 Å². The van der Waals surface area contributed by atoms with Crippen molar-refractivity contribution in [1.29, 1.82) is 0 Å². The molecule has 24 heavy (non-hydrogen) atoms. The lowest BCUT2D eigenvalue weighted by atomic mass is 10.0. The highest BCUT2D eigenvalue weighted by atomic mass is 79.9. The van der Waals surface area contributed by atoms with Gasteiger partial charge in [0.05, 0.1) is 0 Å². The van der Waals surface area contributed by atoms with Gasteiger partial charge in [0.15, 0.2) is 6.61 Å². The first-order chi connectivity index (χ1) is 11.1. The van der Waals surface area contributed by atoms with Crippen LogP contribution in [0.1, 0.15) is 19.8 Å². The highest BCUT2D eigenvalue weighted by molar-refractivity contribution is 9.10. The van der Waals surface area contributed by atoms with Crippen LogP contribution < -0.4 is 15.4 Å². The van der Waals surface area contributed by atoms with E-state index in [0.717, 1.165) is 34.6 Å². The van der Waals surface area contributed by atoms with Gasteiger partial charge in [0.1, 0.15) is 5.75 Å². The Bertz CT molecular complexity index is 710. The van der Waals surface area contributed by atoms with Crippen LogP contribution in [0.3, 0.4) is 0 Å². The highest BCUT2D eigenvalue weighted by Crippen LogP contribution is 2.24. The lowest BCUT2D eigenvalue weighted by Gasteiger charge is -2.28. The fourth-order valence-electron chi connectivity index (χ4n) is 2.97. The van der Waals surface area contributed by atoms with Gasteiger partial charge >= 0.3 is 0 Å². The van der Waals surface area contributed by atoms with E-state index in [2.05, 4.69) is 39.6 Å². The first kappa shape index (κ1) is 19.0. The van der Waals surface area contributed by atoms with Crippen molar-refractivity contribution in [2.45, 2.75) is 31.8 Å². The monoisotopic (exact) mass is 412 g/mol. The van der Waals surface area contributed by atoms with Gasteiger partial charge in [0.2, 0.25) is 0 Å². The van der Waals surface area contributed by atoms with Crippen LogP contribution in [0.25, 0.3) is 10.8 Å². The summed E-state index contributed by atoms with van der Waals surface area (Å²) in [7, 11) is 0. The maximum atomic E-state index is 12.0. The number of ether oxygens (including phenoxy) is 1. The largest absolute Gasteiger partial charge is 0.484 e. The van der Waals surface area contributed by atoms with Gasteiger partial charge in [-0.1, -0.05) is 28.1 Å². The standard InChI is InChI=1S/C18H21BrN2O2.ClH/c1-12-8-16(6-7-20-12)21-18(22)11-23-17-5-3-13-9-15(19)4-2-14(13)10-17;/h2-5,9-10,12,16,20H,6-8,11H2,1H3,(H,21,22);1H. The summed E-state index contributed by atoms with van der Waals surface area (Å²) >= 11 is 3.46. The molecule has 0 aliphatic carbocycles. The number of amides is 1. The van der Waals surface area contributed by atoms with Gasteiger partial charge in [-0.05, 0) is 61.3 Å². The van der Waals surface area contributed by atoms with Crippen molar-refractivity contribution in [2.75, 3.05) is 13.2 Å². The average molecular weight is 414 g/mol. The Labute approximate surface area is 156 Å². The van der Waals surface area contributed by atoms with Crippen molar-refractivity contribution in [3.63, 3.8) is 0 Å². The molecule has 0 aromatic heterocycles. The molecule has 3 rings (SSSR count). The molecule has 2 atom stereocenters. The summed E-state index contributed by atoms with van der Waals surface area (Å²) in [5, 5.41) is 8.67. The minimum atomic E-state index is -0.0556. The molecule has 0 saturated carbocycles. The number of piperidine rings is 1. The molecule has 130 valence electrons. The quantitative estimate of drug-likeness (QED) is 0.804. The molecule has 1 saturated heterocycles. The number of carbonyl (C=O) groups is 1. The zero-order chi connectivity index (χ0) is 16.2. The maximum absolute atomic E-state index is 12.0. The van der Waals surface area contributed by atoms with Crippen molar-refractivity contribution in [1.82, 2.24) is 10.6 Å². The molecule has 1 amide bonds. The smallest absolute Gasteiger partial charge is 0.258 e. The fourth-order valence-corrected chi connectivity index (χ4v) is 3.34. The Kier molecular flexibility index (Phi) is 6.90. The van der Waals surface area contributed by atoms with Crippen LogP contribution in [-0.4, -0.2) is 31.1 Å². The second-order valence-electron chi connectivity index (χ2n) is 6.09. The first-order valence-corrected chi connectivity index (χ1v) is 8.74. The molecule has 2 aromatic rings. The number of nitrogens with one attached hydrogen (secondary N) is 2. The molecule has 0 radical (unpaired) electrons. The summed E-state index contributed by atoms with van der Waals surface area (Å²) in [6.45, 7) is 3.15. The van der Waals surface area contributed by atoms with Gasteiger partial charge in [-0.3, -0.25) is 4.79 Å². The molecule has 2 aromatic carbocycles. The van der Waals surface area contributed by atoms with E-state index in [-0.39, 0.29) is 31.0 Å². The number of rotatable bonds is 4. The molecular formula is C18H22BrClN2O2. The Morgan fingerprint density at radius 3 is 2.83 bits per heavy atom. The molecule has 4 nitrogen and oxygen atoms in total. The minimum Gasteiger partial charge on any atom is -0.484 e. The Balaban J connectivity index is 0.00000208. The Morgan fingerprint density at radius 2 is 2.04 bits per heavy atom. The van der Waals surface area contributed by atoms with E-state index in [0.29, 0.717) is 11.8 Å². The summed E-state index contributed by atoms with van der Waals surface area (Å²) in [5.74, 6) is 0.661. The predicted molar refractivity (Wildman–Crippen MR) is 103 cm³/mol. The normalized spacial score (nSPS) is 20.2. The molecule has 2 unspecified atom stereocenters. The van der Waals surface area contributed by atoms with Gasteiger partial charge in [-0.2, -0.15) is 0 Å². The maximum Gasteiger partial charge on any atom is 0.258 e. The van der Waals surface area contributed by atoms with E-state index in [1.807, 2.05) is 30.3 Å². The van der Waals surface area contributed by atoms with Crippen LogP contribution in [0.4, 0.5) is 0 Å². The molecule has 2 N–H and O–H groups in total. The van der Waals surface area contributed by atoms with E-state index in [1.165, 1.54) is 0 Å². The number of hydrogen-bond donors (Lipinski definition) is 2. The summed E-state index contributed by atoms with van der Waals surface area (Å²) < 4.78 is 6.69. The summed E-state index contributed by atoms with van der Waals surface area (Å²) in [5.41, 5.74) is 0. The summed E-state index contributed by atoms with van der Waals surface area (Å²) in [4.78, 5) is 12.0. The van der Waals surface area contributed by atoms with E-state index in [4.69, 9.17) is 4.74 Å². The molecule has 1 aliphatic heterocycles. The molecule has 0 spiro atoms. The predicted octanol–water partition coefficient (Wildman–Crippen LogP) is 3.66. The van der Waals surface area contributed by atoms with Gasteiger partial charge in [0, 0.05) is 16.6 Å². The highest BCUT2D eigenvalue weighted by Gasteiger charge is 2.19. The van der Waals surface area contributed by atoms with Gasteiger partial charge in [-0.15, -0.1) is 12.4 Å². The molecule has 0 bridgehead atoms. The summed E-state index contributed by atoms with van der Waals surface area (Å²) in [6, 6.07) is 12.6. The van der Waals surface area contributed by atoms with E-state index < -0.39 is 0 Å². The van der Waals surface area contributed by atoms with Crippen molar-refractivity contribution < 1.29 is 9.53 Å². The zero-order valence-corrected chi connectivity index (χ0v) is 16.0. The Hall–Kier alpha value is -1.30. The third kappa shape index (κ3) is 5.10. The van der Waals surface area contributed by atoms with Crippen LogP contribution in [0, 0.1) is 0 Å². The van der Waals surface area contributed by atoms with E-state index >= 15 is 0 Å². The summed E-state index contributed by atoms with van der Waals surface area (Å²) in [6.07, 6.45) is 1.94. The van der Waals surface area contributed by atoms with Crippen LogP contribution >= 0.6 is 28.3 Å². The SMILES string of the molecule is CC1CC(NC(=O)COc2ccc3cc(Br)ccc3c2)CCN1.Cl. The van der Waals surface area contributed by atoms with Crippen LogP contribution in [0.2, 0.25) is 0 Å². The number of hydrogen-bond acceptors (Lipinski definition) is 3. The zero-order valence-electron chi connectivity index (χ0n) is 13.5. The van der Waals surface area contributed by atoms with Crippen LogP contribution in [0.5, 0.6) is 5.75 Å². The van der Waals surface area contributed by atoms with Crippen molar-refractivity contribution >= 4 is 45.0 Å². The molecule has 1 fully saturated rings. The van der Waals surface area contributed by atoms with Gasteiger partial charge in [0.25, 0.3) is 5.91 Å². The molecule has 1 aliphatic rings. The lowest BCUT2D eigenvalue weighted by Crippen LogP contribution is -2.47. The minimum absolute atomic E-state index is 0. The number of halogens is 2. The van der Waals surface area contributed by atoms with Crippen molar-refractivity contribution in [3.8, 4) is 5.75 Å². The topological polar surface area (TPSA) is 50.4 Å². The molecule has 1 heterocycles. The fraction of sp³-hybridized carbons (Fsp3) is 0.389. The number of carbonyl (C=O) groups excluding carboxylic acids is 1. The number of benzene rings is 2. The van der Waals surface area contributed by atoms with E-state index in [1.54, 1.807) is 0 Å². The third-order valence-electron chi connectivity index (χ3n) is 4.13. The number of fused-ring (bicyclic) bond motifs is 1. The van der Waals surface area contributed by atoms with Gasteiger partial charge < -0.3 is 15.4 Å². The second kappa shape index (κ2) is 8.70. The average Bonchev–Trinajstić information content (AvgIpc) is 2.53. The Morgan fingerprint density at radius 1 is 1.29 bits per heavy atom. The first-order valence-electron chi connectivity index (χ1n) is 7.95. The second-order valence-corrected chi connectivity index (χ2v) is 7.00. The third-order valence-corrected chi connectivity index (χ3v) is 4.63. The van der Waals surface area contributed by atoms with Crippen LogP contribution in [0.15, 0.2) is 40.9 Å². The van der Waals surface area contributed by atoms with E-state index in [9.17, 15) is 4.79 Å². The van der Waals surface area contributed by atoms with Crippen molar-refractivity contribution in [2.24, 2.45) is 0 Å². The molecular weight excluding hydrogens is 392 g/mol. The molecule has 6 heteroatoms. The lowest BCUT2D eigenvalue weighted by molar-refractivity contribution is -0.124. The van der Waals surface area contributed by atoms with Crippen molar-refractivity contribution in [3.05, 3.63) is 40.9 Å². The van der Waals surface area contributed by atoms with Crippen LogP contribution in [-0.2, 0) is 4.79 Å².